The number of benzene rings is 3. The quantitative estimate of drug-likeness (QED) is 0.255. The van der Waals surface area contributed by atoms with Crippen molar-refractivity contribution in [3.05, 3.63) is 126 Å². The highest BCUT2D eigenvalue weighted by Crippen LogP contribution is 2.28. The molecule has 1 amide bonds. The van der Waals surface area contributed by atoms with E-state index in [4.69, 9.17) is 4.74 Å². The van der Waals surface area contributed by atoms with Crippen molar-refractivity contribution in [3.63, 3.8) is 0 Å². The van der Waals surface area contributed by atoms with Crippen LogP contribution in [0.5, 0.6) is 5.88 Å². The van der Waals surface area contributed by atoms with Crippen LogP contribution in [0, 0.1) is 6.92 Å². The summed E-state index contributed by atoms with van der Waals surface area (Å²) in [6.07, 6.45) is 6.48. The molecule has 0 fully saturated rings. The highest BCUT2D eigenvalue weighted by molar-refractivity contribution is 5.95. The lowest BCUT2D eigenvalue weighted by Crippen LogP contribution is -2.38. The standard InChI is InChI=1S/C36H38N6O2/c1-27-10-11-30(23-34(27)42-19-7-17-39-42)36(43)41-21-20-40(25-28-8-4-3-5-9-28)18-6-16-37-33-14-12-29(22-32(33)26-41)31-13-15-35(44-2)38-24-31/h3-5,7-15,17,19,22-24,37H,6,16,18,20-21,25-26H2,1-2H3. The number of aryl methyl sites for hydroxylation is 1. The summed E-state index contributed by atoms with van der Waals surface area (Å²) in [7, 11) is 1.62. The SMILES string of the molecule is COc1ccc(-c2ccc3c(c2)CN(C(=O)c2ccc(C)c(-n4cccn4)c2)CCN(Cc2ccccc2)CCCN3)cn1. The maximum absolute atomic E-state index is 14.3. The number of anilines is 1. The largest absolute Gasteiger partial charge is 0.481 e. The number of hydrogen-bond donors (Lipinski definition) is 1. The molecule has 0 unspecified atom stereocenters. The van der Waals surface area contributed by atoms with Crippen LogP contribution in [0.2, 0.25) is 0 Å². The molecular weight excluding hydrogens is 548 g/mol. The fourth-order valence-electron chi connectivity index (χ4n) is 5.69. The van der Waals surface area contributed by atoms with Gasteiger partial charge in [-0.15, -0.1) is 0 Å². The Hall–Kier alpha value is -4.95. The normalized spacial score (nSPS) is 14.3. The van der Waals surface area contributed by atoms with Crippen LogP contribution in [-0.4, -0.2) is 63.8 Å². The number of pyridine rings is 1. The zero-order valence-corrected chi connectivity index (χ0v) is 25.3. The van der Waals surface area contributed by atoms with Gasteiger partial charge in [0.25, 0.3) is 5.91 Å². The molecule has 5 aromatic rings. The Bertz CT molecular complexity index is 1690. The zero-order chi connectivity index (χ0) is 30.3. The Labute approximate surface area is 258 Å². The first-order valence-corrected chi connectivity index (χ1v) is 15.1. The minimum Gasteiger partial charge on any atom is -0.481 e. The highest BCUT2D eigenvalue weighted by Gasteiger charge is 2.22. The zero-order valence-electron chi connectivity index (χ0n) is 25.3. The van der Waals surface area contributed by atoms with Crippen LogP contribution in [0.25, 0.3) is 16.8 Å². The maximum Gasteiger partial charge on any atom is 0.254 e. The van der Waals surface area contributed by atoms with Crippen LogP contribution in [0.15, 0.2) is 104 Å². The van der Waals surface area contributed by atoms with E-state index < -0.39 is 0 Å². The summed E-state index contributed by atoms with van der Waals surface area (Å²) in [5, 5.41) is 8.08. The van der Waals surface area contributed by atoms with Gasteiger partial charge in [0, 0.05) is 80.7 Å². The van der Waals surface area contributed by atoms with E-state index in [1.165, 1.54) is 5.56 Å². The van der Waals surface area contributed by atoms with E-state index in [1.54, 1.807) is 13.3 Å². The third kappa shape index (κ3) is 6.82. The van der Waals surface area contributed by atoms with Gasteiger partial charge in [0.2, 0.25) is 5.88 Å². The lowest BCUT2D eigenvalue weighted by molar-refractivity contribution is 0.0720. The Balaban J connectivity index is 1.34. The van der Waals surface area contributed by atoms with Crippen molar-refractivity contribution in [2.24, 2.45) is 0 Å². The van der Waals surface area contributed by atoms with Crippen molar-refractivity contribution in [3.8, 4) is 22.7 Å². The number of rotatable bonds is 6. The van der Waals surface area contributed by atoms with Gasteiger partial charge in [0.05, 0.1) is 12.8 Å². The lowest BCUT2D eigenvalue weighted by atomic mass is 10.0. The van der Waals surface area contributed by atoms with Gasteiger partial charge in [0.1, 0.15) is 0 Å². The number of fused-ring (bicyclic) bond motifs is 1. The number of aromatic nitrogens is 3. The highest BCUT2D eigenvalue weighted by atomic mass is 16.5. The number of hydrogen-bond acceptors (Lipinski definition) is 6. The Morgan fingerprint density at radius 3 is 2.57 bits per heavy atom. The van der Waals surface area contributed by atoms with Crippen molar-refractivity contribution in [1.29, 1.82) is 0 Å². The number of nitrogens with one attached hydrogen (secondary N) is 1. The molecule has 0 radical (unpaired) electrons. The molecule has 1 aliphatic rings. The minimum atomic E-state index is -0.000202. The number of ether oxygens (including phenoxy) is 1. The monoisotopic (exact) mass is 586 g/mol. The number of carbonyl (C=O) groups is 1. The molecule has 2 aromatic heterocycles. The molecule has 0 saturated heterocycles. The Morgan fingerprint density at radius 1 is 0.932 bits per heavy atom. The molecule has 1 aliphatic heterocycles. The third-order valence-corrected chi connectivity index (χ3v) is 8.14. The van der Waals surface area contributed by atoms with E-state index in [0.717, 1.165) is 66.2 Å². The fraction of sp³-hybridized carbons (Fsp3) is 0.250. The first-order chi connectivity index (χ1) is 21.6. The van der Waals surface area contributed by atoms with Crippen molar-refractivity contribution < 1.29 is 9.53 Å². The van der Waals surface area contributed by atoms with Crippen molar-refractivity contribution in [2.75, 3.05) is 38.6 Å². The number of amides is 1. The molecule has 44 heavy (non-hydrogen) atoms. The molecule has 3 aromatic carbocycles. The first kappa shape index (κ1) is 29.1. The molecule has 1 N–H and O–H groups in total. The van der Waals surface area contributed by atoms with Crippen molar-refractivity contribution in [2.45, 2.75) is 26.4 Å². The molecule has 0 spiro atoms. The first-order valence-electron chi connectivity index (χ1n) is 15.1. The minimum absolute atomic E-state index is 0.000202. The van der Waals surface area contributed by atoms with Gasteiger partial charge in [0.15, 0.2) is 0 Å². The maximum atomic E-state index is 14.3. The molecule has 3 heterocycles. The predicted octanol–water partition coefficient (Wildman–Crippen LogP) is 6.21. The number of carbonyl (C=O) groups excluding carboxylic acids is 1. The molecule has 6 rings (SSSR count). The van der Waals surface area contributed by atoms with Gasteiger partial charge in [-0.1, -0.05) is 42.5 Å². The average molecular weight is 587 g/mol. The topological polar surface area (TPSA) is 75.5 Å². The molecule has 0 bridgehead atoms. The summed E-state index contributed by atoms with van der Waals surface area (Å²) in [5.41, 5.74) is 8.05. The van der Waals surface area contributed by atoms with Crippen LogP contribution in [-0.2, 0) is 13.1 Å². The van der Waals surface area contributed by atoms with Gasteiger partial charge >= 0.3 is 0 Å². The summed E-state index contributed by atoms with van der Waals surface area (Å²) in [6, 6.07) is 28.6. The summed E-state index contributed by atoms with van der Waals surface area (Å²) < 4.78 is 7.07. The molecule has 0 saturated carbocycles. The van der Waals surface area contributed by atoms with Gasteiger partial charge in [-0.3, -0.25) is 9.69 Å². The second kappa shape index (κ2) is 13.6. The smallest absolute Gasteiger partial charge is 0.254 e. The Kier molecular flexibility index (Phi) is 8.98. The second-order valence-corrected chi connectivity index (χ2v) is 11.2. The average Bonchev–Trinajstić information content (AvgIpc) is 3.59. The van der Waals surface area contributed by atoms with Crippen LogP contribution >= 0.6 is 0 Å². The van der Waals surface area contributed by atoms with Gasteiger partial charge in [-0.25, -0.2) is 9.67 Å². The van der Waals surface area contributed by atoms with Crippen LogP contribution < -0.4 is 10.1 Å². The molecule has 8 heteroatoms. The van der Waals surface area contributed by atoms with Crippen LogP contribution in [0.1, 0.15) is 33.5 Å². The molecular formula is C36H38N6O2. The van der Waals surface area contributed by atoms with E-state index >= 15 is 0 Å². The summed E-state index contributed by atoms with van der Waals surface area (Å²) >= 11 is 0. The molecule has 224 valence electrons. The summed E-state index contributed by atoms with van der Waals surface area (Å²) in [6.45, 7) is 6.52. The van der Waals surface area contributed by atoms with Crippen molar-refractivity contribution in [1.82, 2.24) is 24.6 Å². The molecule has 0 atom stereocenters. The number of methoxy groups -OCH3 is 1. The summed E-state index contributed by atoms with van der Waals surface area (Å²) in [5.74, 6) is 0.579. The van der Waals surface area contributed by atoms with Gasteiger partial charge < -0.3 is 15.0 Å². The molecule has 0 aliphatic carbocycles. The van der Waals surface area contributed by atoms with E-state index in [9.17, 15) is 4.79 Å². The van der Waals surface area contributed by atoms with E-state index in [1.807, 2.05) is 71.4 Å². The second-order valence-electron chi connectivity index (χ2n) is 11.2. The van der Waals surface area contributed by atoms with E-state index in [2.05, 4.69) is 62.8 Å². The summed E-state index contributed by atoms with van der Waals surface area (Å²) in [4.78, 5) is 23.2. The lowest BCUT2D eigenvalue weighted by Gasteiger charge is -2.28. The van der Waals surface area contributed by atoms with E-state index in [-0.39, 0.29) is 5.91 Å². The van der Waals surface area contributed by atoms with Crippen molar-refractivity contribution >= 4 is 11.6 Å². The van der Waals surface area contributed by atoms with Gasteiger partial charge in [-0.2, -0.15) is 5.10 Å². The Morgan fingerprint density at radius 2 is 1.80 bits per heavy atom. The third-order valence-electron chi connectivity index (χ3n) is 8.14. The molecule has 8 nitrogen and oxygen atoms in total. The fourth-order valence-corrected chi connectivity index (χ4v) is 5.69. The van der Waals surface area contributed by atoms with Gasteiger partial charge in [-0.05, 0) is 72.0 Å². The van der Waals surface area contributed by atoms with Crippen LogP contribution in [0.3, 0.4) is 0 Å². The van der Waals surface area contributed by atoms with E-state index in [0.29, 0.717) is 24.5 Å². The predicted molar refractivity (Wildman–Crippen MR) is 174 cm³/mol. The number of nitrogens with zero attached hydrogens (tertiary/aromatic N) is 5. The van der Waals surface area contributed by atoms with Crippen LogP contribution in [0.4, 0.5) is 5.69 Å².